The van der Waals surface area contributed by atoms with Crippen LogP contribution in [0.3, 0.4) is 0 Å². The molecule has 1 unspecified atom stereocenters. The molecule has 1 amide bonds. The highest BCUT2D eigenvalue weighted by Gasteiger charge is 2.20. The van der Waals surface area contributed by atoms with Gasteiger partial charge in [-0.25, -0.2) is 0 Å². The molecular formula is C18H18ClN5O2S. The molecule has 1 heterocycles. The normalized spacial score (nSPS) is 11.9. The molecule has 0 aliphatic rings. The number of thioether (sulfide) groups is 1. The Labute approximate surface area is 166 Å². The van der Waals surface area contributed by atoms with Crippen molar-refractivity contribution in [1.82, 2.24) is 20.2 Å². The fourth-order valence-corrected chi connectivity index (χ4v) is 3.29. The molecule has 27 heavy (non-hydrogen) atoms. The van der Waals surface area contributed by atoms with Gasteiger partial charge in [0.25, 0.3) is 0 Å². The fourth-order valence-electron chi connectivity index (χ4n) is 2.31. The van der Waals surface area contributed by atoms with Gasteiger partial charge in [-0.05, 0) is 66.2 Å². The Morgan fingerprint density at radius 2 is 2.00 bits per heavy atom. The topological polar surface area (TPSA) is 81.9 Å². The Morgan fingerprint density at radius 3 is 2.70 bits per heavy atom. The lowest BCUT2D eigenvalue weighted by molar-refractivity contribution is -0.115. The fraction of sp³-hybridized carbons (Fsp3) is 0.222. The monoisotopic (exact) mass is 403 g/mol. The summed E-state index contributed by atoms with van der Waals surface area (Å²) in [5, 5.41) is 15.3. The van der Waals surface area contributed by atoms with E-state index in [2.05, 4.69) is 20.8 Å². The van der Waals surface area contributed by atoms with E-state index in [4.69, 9.17) is 16.3 Å². The number of hydrogen-bond acceptors (Lipinski definition) is 6. The molecule has 0 saturated heterocycles. The van der Waals surface area contributed by atoms with Crippen molar-refractivity contribution in [3.63, 3.8) is 0 Å². The third kappa shape index (κ3) is 4.58. The van der Waals surface area contributed by atoms with Crippen LogP contribution in [0.25, 0.3) is 5.69 Å². The molecule has 2 aromatic carbocycles. The largest absolute Gasteiger partial charge is 0.497 e. The first-order chi connectivity index (χ1) is 13.0. The lowest BCUT2D eigenvalue weighted by Crippen LogP contribution is -2.23. The van der Waals surface area contributed by atoms with Gasteiger partial charge in [0.1, 0.15) is 5.75 Å². The van der Waals surface area contributed by atoms with Crippen molar-refractivity contribution in [3.05, 3.63) is 53.1 Å². The van der Waals surface area contributed by atoms with Crippen LogP contribution >= 0.6 is 23.4 Å². The number of halogens is 1. The summed E-state index contributed by atoms with van der Waals surface area (Å²) >= 11 is 7.28. The van der Waals surface area contributed by atoms with Crippen molar-refractivity contribution < 1.29 is 9.53 Å². The summed E-state index contributed by atoms with van der Waals surface area (Å²) in [7, 11) is 1.61. The Balaban J connectivity index is 1.72. The second kappa shape index (κ2) is 8.41. The third-order valence-corrected chi connectivity index (χ3v) is 5.13. The van der Waals surface area contributed by atoms with Gasteiger partial charge in [0.15, 0.2) is 0 Å². The molecule has 1 N–H and O–H groups in total. The number of ether oxygens (including phenoxy) is 1. The van der Waals surface area contributed by atoms with E-state index in [0.717, 1.165) is 17.0 Å². The van der Waals surface area contributed by atoms with E-state index in [1.807, 2.05) is 37.3 Å². The van der Waals surface area contributed by atoms with E-state index in [9.17, 15) is 4.79 Å². The summed E-state index contributed by atoms with van der Waals surface area (Å²) in [4.78, 5) is 12.6. The van der Waals surface area contributed by atoms with E-state index in [0.29, 0.717) is 15.9 Å². The number of hydrogen-bond donors (Lipinski definition) is 1. The molecule has 9 heteroatoms. The smallest absolute Gasteiger partial charge is 0.237 e. The molecular weight excluding hydrogens is 386 g/mol. The summed E-state index contributed by atoms with van der Waals surface area (Å²) in [6.07, 6.45) is 0. The van der Waals surface area contributed by atoms with Gasteiger partial charge in [0, 0.05) is 10.7 Å². The van der Waals surface area contributed by atoms with Gasteiger partial charge in [-0.3, -0.25) is 4.79 Å². The van der Waals surface area contributed by atoms with Crippen LogP contribution in [0.2, 0.25) is 5.02 Å². The van der Waals surface area contributed by atoms with Gasteiger partial charge in [-0.15, -0.1) is 5.10 Å². The molecule has 0 aliphatic heterocycles. The summed E-state index contributed by atoms with van der Waals surface area (Å²) in [5.74, 6) is 0.584. The predicted molar refractivity (Wildman–Crippen MR) is 106 cm³/mol. The zero-order chi connectivity index (χ0) is 19.4. The number of carbonyl (C=O) groups excluding carboxylic acids is 1. The molecule has 0 fully saturated rings. The highest BCUT2D eigenvalue weighted by Crippen LogP contribution is 2.26. The van der Waals surface area contributed by atoms with Crippen molar-refractivity contribution in [2.45, 2.75) is 24.3 Å². The van der Waals surface area contributed by atoms with Gasteiger partial charge >= 0.3 is 0 Å². The average Bonchev–Trinajstić information content (AvgIpc) is 3.12. The number of amides is 1. The Hall–Kier alpha value is -2.58. The number of nitrogens with one attached hydrogen (secondary N) is 1. The standard InChI is InChI=1S/C18H18ClN5O2S/c1-11-4-5-13(19)10-16(11)20-17(25)12(2)27-18-21-22-23-24(18)14-6-8-15(26-3)9-7-14/h4-10,12H,1-3H3,(H,20,25). The van der Waals surface area contributed by atoms with Crippen LogP contribution in [0.5, 0.6) is 5.75 Å². The first kappa shape index (κ1) is 19.2. The predicted octanol–water partition coefficient (Wildman–Crippen LogP) is 3.75. The van der Waals surface area contributed by atoms with E-state index in [-0.39, 0.29) is 5.91 Å². The van der Waals surface area contributed by atoms with E-state index in [1.165, 1.54) is 11.8 Å². The Kier molecular flexibility index (Phi) is 5.98. The molecule has 3 aromatic rings. The Morgan fingerprint density at radius 1 is 1.26 bits per heavy atom. The second-order valence-electron chi connectivity index (χ2n) is 5.78. The van der Waals surface area contributed by atoms with Crippen molar-refractivity contribution in [3.8, 4) is 11.4 Å². The molecule has 0 spiro atoms. The van der Waals surface area contributed by atoms with Crippen LogP contribution in [0.4, 0.5) is 5.69 Å². The zero-order valence-electron chi connectivity index (χ0n) is 15.0. The maximum atomic E-state index is 12.6. The van der Waals surface area contributed by atoms with Gasteiger partial charge in [0.2, 0.25) is 11.1 Å². The van der Waals surface area contributed by atoms with E-state index < -0.39 is 5.25 Å². The van der Waals surface area contributed by atoms with Gasteiger partial charge in [-0.1, -0.05) is 29.4 Å². The second-order valence-corrected chi connectivity index (χ2v) is 7.52. The number of anilines is 1. The summed E-state index contributed by atoms with van der Waals surface area (Å²) in [6.45, 7) is 3.71. The number of nitrogens with zero attached hydrogens (tertiary/aromatic N) is 4. The third-order valence-electron chi connectivity index (χ3n) is 3.87. The number of aromatic nitrogens is 4. The number of methoxy groups -OCH3 is 1. The lowest BCUT2D eigenvalue weighted by atomic mass is 10.2. The van der Waals surface area contributed by atoms with Crippen molar-refractivity contribution in [2.24, 2.45) is 0 Å². The first-order valence-electron chi connectivity index (χ1n) is 8.14. The average molecular weight is 404 g/mol. The molecule has 3 rings (SSSR count). The van der Waals surface area contributed by atoms with E-state index in [1.54, 1.807) is 30.8 Å². The number of carbonyl (C=O) groups is 1. The van der Waals surface area contributed by atoms with Crippen molar-refractivity contribution >= 4 is 35.0 Å². The van der Waals surface area contributed by atoms with Crippen molar-refractivity contribution in [1.29, 1.82) is 0 Å². The molecule has 7 nitrogen and oxygen atoms in total. The van der Waals surface area contributed by atoms with Crippen LogP contribution < -0.4 is 10.1 Å². The lowest BCUT2D eigenvalue weighted by Gasteiger charge is -2.13. The quantitative estimate of drug-likeness (QED) is 0.631. The highest BCUT2D eigenvalue weighted by atomic mass is 35.5. The molecule has 1 aromatic heterocycles. The molecule has 0 radical (unpaired) electrons. The van der Waals surface area contributed by atoms with Crippen molar-refractivity contribution in [2.75, 3.05) is 12.4 Å². The van der Waals surface area contributed by atoms with Crippen LogP contribution in [0, 0.1) is 6.92 Å². The zero-order valence-corrected chi connectivity index (χ0v) is 16.6. The van der Waals surface area contributed by atoms with Crippen LogP contribution in [-0.2, 0) is 4.79 Å². The minimum Gasteiger partial charge on any atom is -0.497 e. The summed E-state index contributed by atoms with van der Waals surface area (Å²) in [6, 6.07) is 12.7. The molecule has 0 aliphatic carbocycles. The Bertz CT molecular complexity index is 945. The number of tetrazole rings is 1. The van der Waals surface area contributed by atoms with Gasteiger partial charge < -0.3 is 10.1 Å². The van der Waals surface area contributed by atoms with Crippen LogP contribution in [0.15, 0.2) is 47.6 Å². The molecule has 0 bridgehead atoms. The minimum absolute atomic E-state index is 0.158. The number of aryl methyl sites for hydroxylation is 1. The molecule has 0 saturated carbocycles. The maximum Gasteiger partial charge on any atom is 0.237 e. The summed E-state index contributed by atoms with van der Waals surface area (Å²) < 4.78 is 6.74. The van der Waals surface area contributed by atoms with E-state index >= 15 is 0 Å². The summed E-state index contributed by atoms with van der Waals surface area (Å²) in [5.41, 5.74) is 2.41. The maximum absolute atomic E-state index is 12.6. The van der Waals surface area contributed by atoms with Crippen LogP contribution in [-0.4, -0.2) is 38.5 Å². The molecule has 1 atom stereocenters. The van der Waals surface area contributed by atoms with Gasteiger partial charge in [-0.2, -0.15) is 4.68 Å². The number of benzene rings is 2. The minimum atomic E-state index is -0.411. The van der Waals surface area contributed by atoms with Crippen LogP contribution in [0.1, 0.15) is 12.5 Å². The highest BCUT2D eigenvalue weighted by molar-refractivity contribution is 8.00. The molecule has 140 valence electrons. The first-order valence-corrected chi connectivity index (χ1v) is 9.40. The number of rotatable bonds is 6. The van der Waals surface area contributed by atoms with Gasteiger partial charge in [0.05, 0.1) is 18.0 Å². The SMILES string of the molecule is COc1ccc(-n2nnnc2SC(C)C(=O)Nc2cc(Cl)ccc2C)cc1.